The molecular formula is C12H16FNO3S2. The molecule has 0 spiro atoms. The van der Waals surface area contributed by atoms with Crippen LogP contribution in [0.15, 0.2) is 23.1 Å². The molecule has 1 saturated heterocycles. The van der Waals surface area contributed by atoms with Gasteiger partial charge in [0.25, 0.3) is 0 Å². The van der Waals surface area contributed by atoms with Gasteiger partial charge in [-0.15, -0.1) is 0 Å². The lowest BCUT2D eigenvalue weighted by Gasteiger charge is -2.11. The zero-order valence-corrected chi connectivity index (χ0v) is 11.9. The van der Waals surface area contributed by atoms with Gasteiger partial charge in [0.1, 0.15) is 5.82 Å². The summed E-state index contributed by atoms with van der Waals surface area (Å²) < 4.78 is 39.8. The summed E-state index contributed by atoms with van der Waals surface area (Å²) in [6.07, 6.45) is 1.01. The fourth-order valence-electron chi connectivity index (χ4n) is 1.89. The third-order valence-electron chi connectivity index (χ3n) is 3.08. The second-order valence-electron chi connectivity index (χ2n) is 4.49. The van der Waals surface area contributed by atoms with Crippen molar-refractivity contribution < 1.29 is 17.9 Å². The van der Waals surface area contributed by atoms with Gasteiger partial charge in [0, 0.05) is 12.1 Å². The maximum atomic E-state index is 13.2. The molecule has 1 aromatic rings. The van der Waals surface area contributed by atoms with Crippen LogP contribution in [-0.4, -0.2) is 31.6 Å². The summed E-state index contributed by atoms with van der Waals surface area (Å²) in [7, 11) is -3.63. The molecule has 2 rings (SSSR count). The molecule has 0 amide bonds. The van der Waals surface area contributed by atoms with Gasteiger partial charge in [-0.1, -0.05) is 0 Å². The van der Waals surface area contributed by atoms with Gasteiger partial charge in [0.2, 0.25) is 10.0 Å². The summed E-state index contributed by atoms with van der Waals surface area (Å²) in [5.41, 5.74) is -0.0145. The van der Waals surface area contributed by atoms with Gasteiger partial charge in [0.15, 0.2) is 0 Å². The number of aliphatic hydroxyl groups is 1. The van der Waals surface area contributed by atoms with Crippen molar-refractivity contribution in [3.8, 4) is 0 Å². The van der Waals surface area contributed by atoms with Crippen LogP contribution in [0.25, 0.3) is 0 Å². The summed E-state index contributed by atoms with van der Waals surface area (Å²) in [4.78, 5) is -0.0106. The van der Waals surface area contributed by atoms with E-state index in [4.69, 9.17) is 5.11 Å². The summed E-state index contributed by atoms with van der Waals surface area (Å²) in [5, 5.41) is 8.95. The van der Waals surface area contributed by atoms with E-state index in [0.717, 1.165) is 24.0 Å². The molecule has 1 aliphatic heterocycles. The first-order valence-electron chi connectivity index (χ1n) is 5.99. The maximum Gasteiger partial charge on any atom is 0.240 e. The summed E-state index contributed by atoms with van der Waals surface area (Å²) in [5.74, 6) is 1.79. The Bertz CT molecular complexity index is 542. The topological polar surface area (TPSA) is 66.4 Å². The van der Waals surface area contributed by atoms with Crippen molar-refractivity contribution in [1.82, 2.24) is 4.72 Å². The van der Waals surface area contributed by atoms with Crippen LogP contribution in [-0.2, 0) is 16.6 Å². The average Bonchev–Trinajstić information content (AvgIpc) is 2.90. The monoisotopic (exact) mass is 305 g/mol. The standard InChI is InChI=1S/C12H16FNO3S2/c13-12-2-1-11(5-10(12)7-15)19(16,17)14-6-9-3-4-18-8-9/h1-2,5,9,14-15H,3-4,6-8H2. The van der Waals surface area contributed by atoms with Crippen molar-refractivity contribution in [2.45, 2.75) is 17.9 Å². The van der Waals surface area contributed by atoms with Crippen molar-refractivity contribution >= 4 is 21.8 Å². The quantitative estimate of drug-likeness (QED) is 0.862. The van der Waals surface area contributed by atoms with Crippen LogP contribution in [0.3, 0.4) is 0 Å². The van der Waals surface area contributed by atoms with Crippen LogP contribution in [0.1, 0.15) is 12.0 Å². The van der Waals surface area contributed by atoms with E-state index in [1.807, 2.05) is 11.8 Å². The number of hydrogen-bond acceptors (Lipinski definition) is 4. The largest absolute Gasteiger partial charge is 0.392 e. The molecule has 106 valence electrons. The third-order valence-corrected chi connectivity index (χ3v) is 5.74. The Morgan fingerprint density at radius 1 is 1.47 bits per heavy atom. The molecule has 0 bridgehead atoms. The van der Waals surface area contributed by atoms with E-state index in [2.05, 4.69) is 4.72 Å². The Hall–Kier alpha value is -0.630. The first-order chi connectivity index (χ1) is 9.03. The normalized spacial score (nSPS) is 19.8. The predicted molar refractivity (Wildman–Crippen MR) is 72.9 cm³/mol. The molecule has 4 nitrogen and oxygen atoms in total. The van der Waals surface area contributed by atoms with Crippen molar-refractivity contribution in [2.75, 3.05) is 18.1 Å². The SMILES string of the molecule is O=S(=O)(NCC1CCSC1)c1ccc(F)c(CO)c1. The fraction of sp³-hybridized carbons (Fsp3) is 0.500. The predicted octanol–water partition coefficient (Wildman–Crippen LogP) is 1.35. The Kier molecular flexibility index (Phi) is 4.83. The Morgan fingerprint density at radius 2 is 2.26 bits per heavy atom. The fourth-order valence-corrected chi connectivity index (χ4v) is 4.35. The van der Waals surface area contributed by atoms with Crippen molar-refractivity contribution in [2.24, 2.45) is 5.92 Å². The number of sulfonamides is 1. The first kappa shape index (κ1) is 14.8. The highest BCUT2D eigenvalue weighted by Crippen LogP contribution is 2.23. The summed E-state index contributed by atoms with van der Waals surface area (Å²) in [6, 6.07) is 3.44. The van der Waals surface area contributed by atoms with Gasteiger partial charge in [-0.3, -0.25) is 0 Å². The number of halogens is 1. The molecule has 1 aromatic carbocycles. The molecule has 0 saturated carbocycles. The highest BCUT2D eigenvalue weighted by atomic mass is 32.2. The van der Waals surface area contributed by atoms with Crippen LogP contribution in [0.5, 0.6) is 0 Å². The van der Waals surface area contributed by atoms with Gasteiger partial charge in [-0.05, 0) is 42.0 Å². The molecule has 0 radical (unpaired) electrons. The molecule has 19 heavy (non-hydrogen) atoms. The lowest BCUT2D eigenvalue weighted by Crippen LogP contribution is -2.29. The van der Waals surface area contributed by atoms with Crippen molar-refractivity contribution in [1.29, 1.82) is 0 Å². The van der Waals surface area contributed by atoms with Crippen LogP contribution in [0.2, 0.25) is 0 Å². The van der Waals surface area contributed by atoms with Gasteiger partial charge in [0.05, 0.1) is 11.5 Å². The number of thioether (sulfide) groups is 1. The van der Waals surface area contributed by atoms with E-state index in [0.29, 0.717) is 12.5 Å². The molecule has 2 N–H and O–H groups in total. The number of rotatable bonds is 5. The minimum absolute atomic E-state index is 0.0106. The molecule has 1 unspecified atom stereocenters. The van der Waals surface area contributed by atoms with Gasteiger partial charge in [-0.2, -0.15) is 11.8 Å². The number of aliphatic hydroxyl groups excluding tert-OH is 1. The molecule has 0 aliphatic carbocycles. The smallest absolute Gasteiger partial charge is 0.240 e. The maximum absolute atomic E-state index is 13.2. The molecule has 1 fully saturated rings. The second kappa shape index (κ2) is 6.21. The molecular weight excluding hydrogens is 289 g/mol. The second-order valence-corrected chi connectivity index (χ2v) is 7.41. The van der Waals surface area contributed by atoms with E-state index in [1.165, 1.54) is 12.1 Å². The lowest BCUT2D eigenvalue weighted by molar-refractivity contribution is 0.275. The van der Waals surface area contributed by atoms with Crippen molar-refractivity contribution in [3.63, 3.8) is 0 Å². The Balaban J connectivity index is 2.10. The first-order valence-corrected chi connectivity index (χ1v) is 8.63. The molecule has 1 heterocycles. The minimum atomic E-state index is -3.63. The zero-order chi connectivity index (χ0) is 13.9. The highest BCUT2D eigenvalue weighted by molar-refractivity contribution is 7.99. The Morgan fingerprint density at radius 3 is 2.89 bits per heavy atom. The van der Waals surface area contributed by atoms with Crippen molar-refractivity contribution in [3.05, 3.63) is 29.6 Å². The van der Waals surface area contributed by atoms with E-state index < -0.39 is 22.4 Å². The average molecular weight is 305 g/mol. The number of nitrogens with one attached hydrogen (secondary N) is 1. The third kappa shape index (κ3) is 3.68. The van der Waals surface area contributed by atoms with Crippen LogP contribution in [0.4, 0.5) is 4.39 Å². The summed E-state index contributed by atoms with van der Waals surface area (Å²) >= 11 is 1.82. The minimum Gasteiger partial charge on any atom is -0.392 e. The number of benzene rings is 1. The van der Waals surface area contributed by atoms with Gasteiger partial charge < -0.3 is 5.11 Å². The zero-order valence-electron chi connectivity index (χ0n) is 10.3. The molecule has 1 atom stereocenters. The van der Waals surface area contributed by atoms with Crippen LogP contribution in [0, 0.1) is 11.7 Å². The lowest BCUT2D eigenvalue weighted by atomic mass is 10.1. The molecule has 7 heteroatoms. The number of hydrogen-bond donors (Lipinski definition) is 2. The van der Waals surface area contributed by atoms with Crippen LogP contribution < -0.4 is 4.72 Å². The highest BCUT2D eigenvalue weighted by Gasteiger charge is 2.20. The van der Waals surface area contributed by atoms with E-state index in [1.54, 1.807) is 0 Å². The van der Waals surface area contributed by atoms with E-state index in [9.17, 15) is 12.8 Å². The van der Waals surface area contributed by atoms with E-state index >= 15 is 0 Å². The molecule has 1 aliphatic rings. The van der Waals surface area contributed by atoms with Gasteiger partial charge in [-0.25, -0.2) is 17.5 Å². The van der Waals surface area contributed by atoms with Gasteiger partial charge >= 0.3 is 0 Å². The summed E-state index contributed by atoms with van der Waals surface area (Å²) in [6.45, 7) is -0.115. The van der Waals surface area contributed by atoms with E-state index in [-0.39, 0.29) is 10.5 Å². The van der Waals surface area contributed by atoms with Crippen LogP contribution >= 0.6 is 11.8 Å². The Labute approximate surface area is 116 Å². The molecule has 0 aromatic heterocycles.